The van der Waals surface area contributed by atoms with Gasteiger partial charge < -0.3 is 80.0 Å². The highest BCUT2D eigenvalue weighted by molar-refractivity contribution is 5.98. The number of carbonyl (C=O) groups is 11. The molecule has 0 saturated carbocycles. The minimum absolute atomic E-state index is 0.00519. The van der Waals surface area contributed by atoms with E-state index in [4.69, 9.17) is 17.2 Å². The number of hydrogen-bond donors (Lipinski definition) is 15. The van der Waals surface area contributed by atoms with Crippen LogP contribution in [0.15, 0.2) is 36.8 Å². The lowest BCUT2D eigenvalue weighted by molar-refractivity contribution is -0.142. The lowest BCUT2D eigenvalue weighted by Gasteiger charge is -2.28. The van der Waals surface area contributed by atoms with Crippen molar-refractivity contribution in [2.24, 2.45) is 29.0 Å². The van der Waals surface area contributed by atoms with E-state index in [-0.39, 0.29) is 56.7 Å². The normalized spacial score (nSPS) is 14.7. The molecule has 27 nitrogen and oxygen atoms in total. The number of nitrogens with one attached hydrogen (secondary N) is 9. The Labute approximate surface area is 434 Å². The topological polar surface area (TPSA) is 451 Å². The number of aromatic nitrogens is 2. The molecule has 0 aliphatic carbocycles. The molecule has 2 rings (SSSR count). The first-order chi connectivity index (χ1) is 35.2. The lowest BCUT2D eigenvalue weighted by Crippen LogP contribution is -2.61. The second kappa shape index (κ2) is 31.8. The summed E-state index contributed by atoms with van der Waals surface area (Å²) in [7, 11) is 0. The average Bonchev–Trinajstić information content (AvgIpc) is 3.85. The molecule has 0 aliphatic rings. The van der Waals surface area contributed by atoms with Crippen LogP contribution in [-0.2, 0) is 65.6 Å². The minimum Gasteiger partial charge on any atom is -0.508 e. The molecule has 0 radical (unpaired) electrons. The van der Waals surface area contributed by atoms with Crippen LogP contribution >= 0.6 is 0 Å². The maximum Gasteiger partial charge on any atom is 0.325 e. The van der Waals surface area contributed by atoms with Gasteiger partial charge >= 0.3 is 11.9 Å². The van der Waals surface area contributed by atoms with Crippen molar-refractivity contribution in [3.05, 3.63) is 48.0 Å². The van der Waals surface area contributed by atoms with Gasteiger partial charge in [0.2, 0.25) is 53.2 Å². The molecule has 0 fully saturated rings. The number of carbonyl (C=O) groups excluding carboxylic acids is 9. The van der Waals surface area contributed by atoms with Gasteiger partial charge in [-0.2, -0.15) is 0 Å². The number of primary amides is 1. The number of imidazole rings is 1. The zero-order valence-corrected chi connectivity index (χ0v) is 43.1. The molecule has 0 aliphatic heterocycles. The van der Waals surface area contributed by atoms with E-state index in [1.165, 1.54) is 38.5 Å². The van der Waals surface area contributed by atoms with E-state index in [9.17, 15) is 68.1 Å². The van der Waals surface area contributed by atoms with Crippen molar-refractivity contribution >= 4 is 65.1 Å². The number of carboxylic acid groups (broad SMARTS) is 2. The van der Waals surface area contributed by atoms with Gasteiger partial charge in [-0.1, -0.05) is 39.8 Å². The summed E-state index contributed by atoms with van der Waals surface area (Å²) in [5.41, 5.74) is 18.1. The predicted octanol–water partition coefficient (Wildman–Crippen LogP) is -2.81. The van der Waals surface area contributed by atoms with Gasteiger partial charge in [-0.05, 0) is 94.9 Å². The Kier molecular flexibility index (Phi) is 26.9. The summed E-state index contributed by atoms with van der Waals surface area (Å²) in [5.74, 6) is -11.2. The molecule has 0 saturated heterocycles. The van der Waals surface area contributed by atoms with Gasteiger partial charge in [-0.25, -0.2) is 4.98 Å². The summed E-state index contributed by atoms with van der Waals surface area (Å²) in [5, 5.41) is 48.3. The first-order valence-electron chi connectivity index (χ1n) is 24.6. The molecule has 1 aromatic heterocycles. The molecule has 9 atom stereocenters. The minimum atomic E-state index is -1.55. The third kappa shape index (κ3) is 23.4. The van der Waals surface area contributed by atoms with E-state index in [2.05, 4.69) is 52.5 Å². The molecule has 0 bridgehead atoms. The number of H-pyrrole nitrogens is 1. The quantitative estimate of drug-likeness (QED) is 0.0315. The number of benzene rings is 1. The maximum absolute atomic E-state index is 14.1. The fraction of sp³-hybridized carbons (Fsp3) is 0.583. The number of amides is 9. The molecule has 1 heterocycles. The fourth-order valence-electron chi connectivity index (χ4n) is 7.29. The van der Waals surface area contributed by atoms with Crippen molar-refractivity contribution in [1.29, 1.82) is 0 Å². The number of nitrogens with zero attached hydrogens (tertiary/aromatic N) is 1. The summed E-state index contributed by atoms with van der Waals surface area (Å²) >= 11 is 0. The Hall–Kier alpha value is -7.68. The van der Waals surface area contributed by atoms with Crippen LogP contribution in [0.3, 0.4) is 0 Å². The van der Waals surface area contributed by atoms with Crippen molar-refractivity contribution in [2.75, 3.05) is 6.54 Å². The number of aliphatic carboxylic acids is 2. The van der Waals surface area contributed by atoms with Gasteiger partial charge in [0.1, 0.15) is 54.1 Å². The van der Waals surface area contributed by atoms with Crippen LogP contribution in [0.4, 0.5) is 0 Å². The van der Waals surface area contributed by atoms with Gasteiger partial charge in [0.05, 0.1) is 12.4 Å². The van der Waals surface area contributed by atoms with Gasteiger partial charge in [0, 0.05) is 31.2 Å². The Morgan fingerprint density at radius 3 is 1.61 bits per heavy atom. The molecule has 9 amide bonds. The number of aromatic amines is 1. The van der Waals surface area contributed by atoms with Crippen molar-refractivity contribution in [3.8, 4) is 5.75 Å². The second-order valence-corrected chi connectivity index (χ2v) is 18.9. The molecule has 0 unspecified atom stereocenters. The number of phenolic OH excluding ortho intramolecular Hbond substituents is 1. The maximum atomic E-state index is 14.1. The van der Waals surface area contributed by atoms with E-state index in [1.54, 1.807) is 39.8 Å². The monoisotopic (exact) mass is 1060 g/mol. The predicted molar refractivity (Wildman–Crippen MR) is 269 cm³/mol. The van der Waals surface area contributed by atoms with E-state index in [0.717, 1.165) is 0 Å². The Morgan fingerprint density at radius 2 is 1.09 bits per heavy atom. The zero-order chi connectivity index (χ0) is 56.5. The summed E-state index contributed by atoms with van der Waals surface area (Å²) < 4.78 is 0. The Morgan fingerprint density at radius 1 is 0.587 bits per heavy atom. The Balaban J connectivity index is 2.33. The highest BCUT2D eigenvalue weighted by atomic mass is 16.4. The molecule has 1 aromatic carbocycles. The fourth-order valence-corrected chi connectivity index (χ4v) is 7.29. The van der Waals surface area contributed by atoms with E-state index in [0.29, 0.717) is 24.1 Å². The number of nitrogens with two attached hydrogens (primary N) is 3. The lowest BCUT2D eigenvalue weighted by atomic mass is 10.0. The first-order valence-corrected chi connectivity index (χ1v) is 24.6. The van der Waals surface area contributed by atoms with E-state index in [1.807, 2.05) is 0 Å². The summed E-state index contributed by atoms with van der Waals surface area (Å²) in [6.45, 7) is 9.48. The third-order valence-electron chi connectivity index (χ3n) is 11.6. The average molecular weight is 1060 g/mol. The van der Waals surface area contributed by atoms with Crippen LogP contribution in [0.1, 0.15) is 104 Å². The van der Waals surface area contributed by atoms with Crippen LogP contribution < -0.4 is 59.7 Å². The number of carboxylic acids is 2. The SMILES string of the molecule is CC(C)C[C@H](NC(=O)[C@H](CCCCN)NC(=O)[C@H](CCC(N)=O)NC(=O)[C@H](Cc1cnc[nH]1)NC(=O)[C@H](C)NC(=O)[C@@H](NC(=O)[C@H](CCC(=O)O)NC(=O)[C@@H](N)Cc1ccc(O)cc1)C(C)C)C(=O)N[C@@H](C)C(=O)O. The van der Waals surface area contributed by atoms with Gasteiger partial charge in [-0.3, -0.25) is 52.7 Å². The molecule has 0 spiro atoms. The molecular weight excluding hydrogens is 983 g/mol. The third-order valence-corrected chi connectivity index (χ3v) is 11.6. The second-order valence-electron chi connectivity index (χ2n) is 18.9. The van der Waals surface area contributed by atoms with E-state index < -0.39 is 138 Å². The zero-order valence-electron chi connectivity index (χ0n) is 43.1. The number of hydrogen-bond acceptors (Lipinski definition) is 15. The molecule has 27 heteroatoms. The standard InChI is InChI=1S/C48H75N13O14/c1-24(2)19-35(45(71)55-27(6)48(74)75)60-42(68)32(9-7-8-18-49)57-43(69)33(14-16-37(51)63)58-46(72)36(21-29-22-52-23-53-29)59-40(66)26(5)54-47(73)39(25(3)4)61-44(70)34(15-17-38(64)65)56-41(67)31(50)20-28-10-12-30(62)13-11-28/h10-13,22-27,31-36,39,62H,7-9,14-21,49-50H2,1-6H3,(H2,51,63)(H,52,53)(H,54,73)(H,55,71)(H,56,67)(H,57,69)(H,58,72)(H,59,66)(H,60,68)(H,61,70)(H,64,65)(H,74,75)/t26-,27-,31-,32-,33-,34-,35-,36-,39-/m0/s1. The summed E-state index contributed by atoms with van der Waals surface area (Å²) in [6.07, 6.45) is 1.57. The molecular formula is C48H75N13O14. The van der Waals surface area contributed by atoms with Crippen LogP contribution in [0.5, 0.6) is 5.75 Å². The van der Waals surface area contributed by atoms with Gasteiger partial charge in [0.15, 0.2) is 0 Å². The smallest absolute Gasteiger partial charge is 0.325 e. The van der Waals surface area contributed by atoms with Gasteiger partial charge in [0.25, 0.3) is 0 Å². The van der Waals surface area contributed by atoms with Crippen molar-refractivity contribution in [3.63, 3.8) is 0 Å². The number of rotatable bonds is 34. The molecule has 18 N–H and O–H groups in total. The van der Waals surface area contributed by atoms with E-state index >= 15 is 0 Å². The highest BCUT2D eigenvalue weighted by Crippen LogP contribution is 2.13. The summed E-state index contributed by atoms with van der Waals surface area (Å²) in [6, 6.07) is -6.35. The van der Waals surface area contributed by atoms with Crippen molar-refractivity contribution < 1.29 is 68.1 Å². The van der Waals surface area contributed by atoms with Gasteiger partial charge in [-0.15, -0.1) is 0 Å². The largest absolute Gasteiger partial charge is 0.508 e. The Bertz CT molecular complexity index is 2260. The number of aromatic hydroxyl groups is 1. The van der Waals surface area contributed by atoms with Crippen LogP contribution in [0.25, 0.3) is 0 Å². The van der Waals surface area contributed by atoms with Crippen molar-refractivity contribution in [2.45, 2.75) is 160 Å². The van der Waals surface area contributed by atoms with Crippen LogP contribution in [0, 0.1) is 11.8 Å². The van der Waals surface area contributed by atoms with Crippen LogP contribution in [-0.4, -0.2) is 151 Å². The molecule has 2 aromatic rings. The summed E-state index contributed by atoms with van der Waals surface area (Å²) in [4.78, 5) is 151. The first kappa shape index (κ1) is 63.4. The van der Waals surface area contributed by atoms with Crippen molar-refractivity contribution in [1.82, 2.24) is 52.5 Å². The molecule has 75 heavy (non-hydrogen) atoms. The highest BCUT2D eigenvalue weighted by Gasteiger charge is 2.35. The number of unbranched alkanes of at least 4 members (excludes halogenated alkanes) is 1. The molecule has 416 valence electrons. The van der Waals surface area contributed by atoms with Crippen LogP contribution in [0.2, 0.25) is 0 Å². The number of phenols is 1.